The number of carbonyl (C=O) groups excluding carboxylic acids is 1. The summed E-state index contributed by atoms with van der Waals surface area (Å²) < 4.78 is 10.1. The van der Waals surface area contributed by atoms with Crippen LogP contribution < -0.4 is 5.32 Å². The Kier molecular flexibility index (Phi) is 4.23. The molecule has 0 amide bonds. The van der Waals surface area contributed by atoms with Crippen molar-refractivity contribution in [3.63, 3.8) is 0 Å². The number of benzene rings is 1. The molecule has 0 aliphatic heterocycles. The molecule has 1 unspecified atom stereocenters. The van der Waals surface area contributed by atoms with Gasteiger partial charge in [0, 0.05) is 5.69 Å². The highest BCUT2D eigenvalue weighted by Crippen LogP contribution is 2.23. The SMILES string of the molecule is CCC(Nc1cccc(C(=O)OC)c1)c1ccco1. The lowest BCUT2D eigenvalue weighted by Crippen LogP contribution is -2.09. The largest absolute Gasteiger partial charge is 0.467 e. The maximum absolute atomic E-state index is 11.5. The Balaban J connectivity index is 2.16. The van der Waals surface area contributed by atoms with E-state index in [0.717, 1.165) is 17.9 Å². The summed E-state index contributed by atoms with van der Waals surface area (Å²) in [5.41, 5.74) is 1.40. The van der Waals surface area contributed by atoms with E-state index in [4.69, 9.17) is 9.15 Å². The van der Waals surface area contributed by atoms with Gasteiger partial charge in [0.1, 0.15) is 5.76 Å². The zero-order valence-corrected chi connectivity index (χ0v) is 11.1. The fraction of sp³-hybridized carbons (Fsp3) is 0.267. The summed E-state index contributed by atoms with van der Waals surface area (Å²) in [7, 11) is 1.38. The highest BCUT2D eigenvalue weighted by atomic mass is 16.5. The minimum atomic E-state index is -0.338. The molecule has 19 heavy (non-hydrogen) atoms. The van der Waals surface area contributed by atoms with Crippen LogP contribution in [-0.2, 0) is 4.74 Å². The maximum Gasteiger partial charge on any atom is 0.337 e. The molecule has 0 saturated carbocycles. The molecule has 4 nitrogen and oxygen atoms in total. The summed E-state index contributed by atoms with van der Waals surface area (Å²) in [5.74, 6) is 0.542. The normalized spacial score (nSPS) is 11.9. The lowest BCUT2D eigenvalue weighted by atomic mass is 10.1. The van der Waals surface area contributed by atoms with Crippen LogP contribution in [0.25, 0.3) is 0 Å². The lowest BCUT2D eigenvalue weighted by Gasteiger charge is -2.16. The Morgan fingerprint density at radius 2 is 2.21 bits per heavy atom. The molecular weight excluding hydrogens is 242 g/mol. The molecule has 0 aliphatic rings. The molecule has 4 heteroatoms. The number of carbonyl (C=O) groups is 1. The number of furan rings is 1. The number of nitrogens with one attached hydrogen (secondary N) is 1. The van der Waals surface area contributed by atoms with Gasteiger partial charge in [0.05, 0.1) is 25.0 Å². The monoisotopic (exact) mass is 259 g/mol. The quantitative estimate of drug-likeness (QED) is 0.833. The molecule has 100 valence electrons. The van der Waals surface area contributed by atoms with Crippen molar-refractivity contribution in [2.24, 2.45) is 0 Å². The van der Waals surface area contributed by atoms with Crippen LogP contribution in [0.3, 0.4) is 0 Å². The van der Waals surface area contributed by atoms with E-state index in [1.54, 1.807) is 18.4 Å². The fourth-order valence-electron chi connectivity index (χ4n) is 1.92. The van der Waals surface area contributed by atoms with Gasteiger partial charge >= 0.3 is 5.97 Å². The Morgan fingerprint density at radius 3 is 2.84 bits per heavy atom. The van der Waals surface area contributed by atoms with Gasteiger partial charge < -0.3 is 14.5 Å². The molecule has 2 rings (SSSR count). The van der Waals surface area contributed by atoms with Crippen molar-refractivity contribution in [1.82, 2.24) is 0 Å². The topological polar surface area (TPSA) is 51.5 Å². The first-order valence-corrected chi connectivity index (χ1v) is 6.23. The van der Waals surface area contributed by atoms with E-state index >= 15 is 0 Å². The summed E-state index contributed by atoms with van der Waals surface area (Å²) in [5, 5.41) is 3.35. The Bertz CT molecular complexity index is 534. The number of anilines is 1. The van der Waals surface area contributed by atoms with Crippen LogP contribution in [0, 0.1) is 0 Å². The van der Waals surface area contributed by atoms with Crippen molar-refractivity contribution in [3.05, 3.63) is 54.0 Å². The molecule has 0 fully saturated rings. The second-order valence-corrected chi connectivity index (χ2v) is 4.19. The summed E-state index contributed by atoms with van der Waals surface area (Å²) in [6.07, 6.45) is 2.54. The summed E-state index contributed by atoms with van der Waals surface area (Å²) in [6, 6.07) is 11.1. The van der Waals surface area contributed by atoms with Crippen molar-refractivity contribution in [2.45, 2.75) is 19.4 Å². The summed E-state index contributed by atoms with van der Waals surface area (Å²) in [6.45, 7) is 2.07. The molecule has 0 radical (unpaired) electrons. The number of rotatable bonds is 5. The molecule has 0 spiro atoms. The van der Waals surface area contributed by atoms with E-state index in [-0.39, 0.29) is 12.0 Å². The van der Waals surface area contributed by atoms with Crippen LogP contribution >= 0.6 is 0 Å². The highest BCUT2D eigenvalue weighted by Gasteiger charge is 2.13. The number of ether oxygens (including phenoxy) is 1. The van der Waals surface area contributed by atoms with Gasteiger partial charge in [-0.2, -0.15) is 0 Å². The smallest absolute Gasteiger partial charge is 0.337 e. The molecule has 1 heterocycles. The van der Waals surface area contributed by atoms with E-state index in [1.807, 2.05) is 24.3 Å². The number of hydrogen-bond acceptors (Lipinski definition) is 4. The van der Waals surface area contributed by atoms with Gasteiger partial charge in [-0.05, 0) is 36.8 Å². The first kappa shape index (κ1) is 13.2. The average molecular weight is 259 g/mol. The van der Waals surface area contributed by atoms with Crippen molar-refractivity contribution in [3.8, 4) is 0 Å². The maximum atomic E-state index is 11.5. The molecule has 1 atom stereocenters. The van der Waals surface area contributed by atoms with Crippen molar-refractivity contribution in [2.75, 3.05) is 12.4 Å². The van der Waals surface area contributed by atoms with Crippen LogP contribution in [-0.4, -0.2) is 13.1 Å². The van der Waals surface area contributed by atoms with Gasteiger partial charge in [-0.25, -0.2) is 4.79 Å². The molecule has 2 aromatic rings. The second-order valence-electron chi connectivity index (χ2n) is 4.19. The molecule has 0 aliphatic carbocycles. The summed E-state index contributed by atoms with van der Waals surface area (Å²) in [4.78, 5) is 11.5. The minimum absolute atomic E-state index is 0.0860. The van der Waals surface area contributed by atoms with Gasteiger partial charge in [-0.1, -0.05) is 13.0 Å². The predicted molar refractivity (Wildman–Crippen MR) is 73.1 cm³/mol. The Hall–Kier alpha value is -2.23. The van der Waals surface area contributed by atoms with Crippen molar-refractivity contribution in [1.29, 1.82) is 0 Å². The minimum Gasteiger partial charge on any atom is -0.467 e. The van der Waals surface area contributed by atoms with Gasteiger partial charge in [-0.3, -0.25) is 0 Å². The van der Waals surface area contributed by atoms with Gasteiger partial charge in [0.2, 0.25) is 0 Å². The van der Waals surface area contributed by atoms with Crippen molar-refractivity contribution >= 4 is 11.7 Å². The van der Waals surface area contributed by atoms with Crippen LogP contribution in [0.2, 0.25) is 0 Å². The predicted octanol–water partition coefficient (Wildman–Crippen LogP) is 3.63. The van der Waals surface area contributed by atoms with E-state index in [0.29, 0.717) is 5.56 Å². The molecule has 0 bridgehead atoms. The molecule has 1 aromatic carbocycles. The highest BCUT2D eigenvalue weighted by molar-refractivity contribution is 5.90. The third kappa shape index (κ3) is 3.16. The zero-order chi connectivity index (χ0) is 13.7. The third-order valence-corrected chi connectivity index (χ3v) is 2.92. The molecule has 0 saturated heterocycles. The zero-order valence-electron chi connectivity index (χ0n) is 11.1. The first-order valence-electron chi connectivity index (χ1n) is 6.23. The van der Waals surface area contributed by atoms with Gasteiger partial charge in [0.15, 0.2) is 0 Å². The van der Waals surface area contributed by atoms with Crippen LogP contribution in [0.4, 0.5) is 5.69 Å². The standard InChI is InChI=1S/C15H17NO3/c1-3-13(14-8-5-9-19-14)16-12-7-4-6-11(10-12)15(17)18-2/h4-10,13,16H,3H2,1-2H3. The average Bonchev–Trinajstić information content (AvgIpc) is 2.98. The van der Waals surface area contributed by atoms with Gasteiger partial charge in [-0.15, -0.1) is 0 Å². The lowest BCUT2D eigenvalue weighted by molar-refractivity contribution is 0.0601. The van der Waals surface area contributed by atoms with E-state index < -0.39 is 0 Å². The van der Waals surface area contributed by atoms with Crippen molar-refractivity contribution < 1.29 is 13.9 Å². The molecule has 1 N–H and O–H groups in total. The fourth-order valence-corrected chi connectivity index (χ4v) is 1.92. The van der Waals surface area contributed by atoms with Crippen LogP contribution in [0.1, 0.15) is 35.5 Å². The van der Waals surface area contributed by atoms with Crippen LogP contribution in [0.5, 0.6) is 0 Å². The Morgan fingerprint density at radius 1 is 1.37 bits per heavy atom. The molecule has 1 aromatic heterocycles. The Labute approximate surface area is 112 Å². The van der Waals surface area contributed by atoms with E-state index in [1.165, 1.54) is 7.11 Å². The second kappa shape index (κ2) is 6.09. The molecular formula is C15H17NO3. The van der Waals surface area contributed by atoms with E-state index in [2.05, 4.69) is 12.2 Å². The van der Waals surface area contributed by atoms with E-state index in [9.17, 15) is 4.79 Å². The summed E-state index contributed by atoms with van der Waals surface area (Å²) >= 11 is 0. The number of methoxy groups -OCH3 is 1. The third-order valence-electron chi connectivity index (χ3n) is 2.92. The van der Waals surface area contributed by atoms with Crippen LogP contribution in [0.15, 0.2) is 47.1 Å². The number of hydrogen-bond donors (Lipinski definition) is 1. The van der Waals surface area contributed by atoms with Gasteiger partial charge in [0.25, 0.3) is 0 Å². The number of esters is 1. The first-order chi connectivity index (χ1) is 9.24.